The Balaban J connectivity index is 1.56. The molecule has 8 nitrogen and oxygen atoms in total. The van der Waals surface area contributed by atoms with E-state index in [4.69, 9.17) is 0 Å². The highest BCUT2D eigenvalue weighted by atomic mass is 32.2. The number of para-hydroxylation sites is 2. The van der Waals surface area contributed by atoms with Crippen molar-refractivity contribution in [3.63, 3.8) is 0 Å². The van der Waals surface area contributed by atoms with E-state index < -0.39 is 11.2 Å². The quantitative estimate of drug-likeness (QED) is 0.410. The minimum atomic E-state index is -0.429. The predicted octanol–water partition coefficient (Wildman–Crippen LogP) is 3.57. The summed E-state index contributed by atoms with van der Waals surface area (Å²) in [6, 6.07) is 16.0. The van der Waals surface area contributed by atoms with Gasteiger partial charge in [0, 0.05) is 20.1 Å². The molecule has 0 radical (unpaired) electrons. The number of fused-ring (bicyclic) bond motifs is 3. The summed E-state index contributed by atoms with van der Waals surface area (Å²) in [5, 5.41) is 0.540. The van der Waals surface area contributed by atoms with Crippen LogP contribution in [0.2, 0.25) is 0 Å². The number of aryl methyl sites for hydroxylation is 3. The molecule has 0 spiro atoms. The first-order valence-electron chi connectivity index (χ1n) is 11.6. The van der Waals surface area contributed by atoms with Gasteiger partial charge >= 0.3 is 5.69 Å². The Labute approximate surface area is 206 Å². The number of carbonyl (C=O) groups is 1. The lowest BCUT2D eigenvalue weighted by Crippen LogP contribution is -2.37. The van der Waals surface area contributed by atoms with Crippen molar-refractivity contribution in [2.24, 2.45) is 14.1 Å². The lowest BCUT2D eigenvalue weighted by molar-refractivity contribution is -0.115. The van der Waals surface area contributed by atoms with Crippen LogP contribution in [0.25, 0.3) is 11.2 Å². The molecule has 0 saturated heterocycles. The normalized spacial score (nSPS) is 13.1. The molecule has 0 fully saturated rings. The Morgan fingerprint density at radius 3 is 2.09 bits per heavy atom. The van der Waals surface area contributed by atoms with Crippen LogP contribution in [-0.4, -0.2) is 30.3 Å². The van der Waals surface area contributed by atoms with Crippen LogP contribution in [-0.2, 0) is 31.7 Å². The lowest BCUT2D eigenvalue weighted by atomic mass is 10.0. The third-order valence-corrected chi connectivity index (χ3v) is 7.42. The van der Waals surface area contributed by atoms with Gasteiger partial charge in [-0.1, -0.05) is 48.2 Å². The molecule has 0 N–H and O–H groups in total. The average Bonchev–Trinajstić information content (AvgIpc) is 3.16. The van der Waals surface area contributed by atoms with Gasteiger partial charge in [-0.25, -0.2) is 9.78 Å². The molecule has 0 bridgehead atoms. The molecule has 2 aromatic heterocycles. The van der Waals surface area contributed by atoms with Gasteiger partial charge in [-0.05, 0) is 49.9 Å². The zero-order chi connectivity index (χ0) is 24.9. The summed E-state index contributed by atoms with van der Waals surface area (Å²) >= 11 is 1.29. The number of aromatic nitrogens is 4. The van der Waals surface area contributed by atoms with Gasteiger partial charge in [-0.15, -0.1) is 0 Å². The second-order valence-electron chi connectivity index (χ2n) is 9.01. The summed E-state index contributed by atoms with van der Waals surface area (Å²) in [6.07, 6.45) is 1.73. The number of carbonyl (C=O) groups excluding carboxylic acids is 1. The maximum Gasteiger partial charge on any atom is 0.332 e. The van der Waals surface area contributed by atoms with Gasteiger partial charge in [0.1, 0.15) is 0 Å². The lowest BCUT2D eigenvalue weighted by Gasteiger charge is -2.25. The molecule has 5 rings (SSSR count). The molecule has 0 aliphatic carbocycles. The topological polar surface area (TPSA) is 82.1 Å². The molecule has 35 heavy (non-hydrogen) atoms. The molecule has 2 aromatic carbocycles. The highest BCUT2D eigenvalue weighted by Crippen LogP contribution is 2.37. The minimum Gasteiger partial charge on any atom is -0.311 e. The van der Waals surface area contributed by atoms with Gasteiger partial charge in [0.15, 0.2) is 16.3 Å². The number of rotatable bonds is 4. The van der Waals surface area contributed by atoms with Crippen LogP contribution in [0.15, 0.2) is 63.3 Å². The molecule has 0 unspecified atom stereocenters. The predicted molar refractivity (Wildman–Crippen MR) is 139 cm³/mol. The van der Waals surface area contributed by atoms with Crippen LogP contribution in [0.1, 0.15) is 31.0 Å². The van der Waals surface area contributed by atoms with E-state index in [9.17, 15) is 14.4 Å². The van der Waals surface area contributed by atoms with E-state index >= 15 is 0 Å². The Morgan fingerprint density at radius 2 is 1.51 bits per heavy atom. The van der Waals surface area contributed by atoms with Gasteiger partial charge in [0.05, 0.1) is 17.1 Å². The maximum atomic E-state index is 13.7. The van der Waals surface area contributed by atoms with Gasteiger partial charge in [-0.2, -0.15) is 0 Å². The van der Waals surface area contributed by atoms with Crippen molar-refractivity contribution >= 4 is 40.2 Å². The highest BCUT2D eigenvalue weighted by Gasteiger charge is 2.27. The SMILES string of the molecule is CC(C)n1c(SCC(=O)N2c3ccccc3CCc3ccccc32)nc2c1c(=O)n(C)c(=O)n2C. The molecule has 0 saturated carbocycles. The summed E-state index contributed by atoms with van der Waals surface area (Å²) in [4.78, 5) is 45.6. The Hall–Kier alpha value is -3.59. The van der Waals surface area contributed by atoms with Crippen LogP contribution in [0.4, 0.5) is 11.4 Å². The monoisotopic (exact) mass is 489 g/mol. The standard InChI is InChI=1S/C26H27N5O3S/c1-16(2)30-22-23(28(3)26(34)29(4)24(22)33)27-25(30)35-15-21(32)31-19-11-7-5-9-17(19)13-14-18-10-6-8-12-20(18)31/h5-12,16H,13-15H2,1-4H3. The summed E-state index contributed by atoms with van der Waals surface area (Å²) in [6.45, 7) is 3.91. The summed E-state index contributed by atoms with van der Waals surface area (Å²) in [5.41, 5.74) is 3.94. The van der Waals surface area contributed by atoms with E-state index in [0.29, 0.717) is 16.3 Å². The average molecular weight is 490 g/mol. The van der Waals surface area contributed by atoms with Crippen LogP contribution in [0, 0.1) is 0 Å². The van der Waals surface area contributed by atoms with Gasteiger partial charge in [-0.3, -0.25) is 23.6 Å². The summed E-state index contributed by atoms with van der Waals surface area (Å²) in [7, 11) is 3.07. The Bertz CT molecular complexity index is 1530. The Morgan fingerprint density at radius 1 is 0.943 bits per heavy atom. The fourth-order valence-electron chi connectivity index (χ4n) is 4.71. The van der Waals surface area contributed by atoms with Crippen molar-refractivity contribution in [2.45, 2.75) is 37.9 Å². The number of amides is 1. The van der Waals surface area contributed by atoms with Crippen molar-refractivity contribution in [1.82, 2.24) is 18.7 Å². The Kier molecular flexibility index (Phi) is 5.88. The number of anilines is 2. The fourth-order valence-corrected chi connectivity index (χ4v) is 5.69. The first kappa shape index (κ1) is 23.2. The van der Waals surface area contributed by atoms with Crippen LogP contribution >= 0.6 is 11.8 Å². The summed E-state index contributed by atoms with van der Waals surface area (Å²) in [5.74, 6) is 0.0634. The molecule has 0 atom stereocenters. The van der Waals surface area contributed by atoms with Gasteiger partial charge in [0.25, 0.3) is 5.56 Å². The molecule has 1 amide bonds. The number of benzene rings is 2. The second kappa shape index (κ2) is 8.88. The number of thioether (sulfide) groups is 1. The van der Waals surface area contributed by atoms with E-state index in [1.54, 1.807) is 7.05 Å². The van der Waals surface area contributed by atoms with Crippen LogP contribution in [0.5, 0.6) is 0 Å². The van der Waals surface area contributed by atoms with E-state index in [1.807, 2.05) is 59.7 Å². The molecule has 1 aliphatic rings. The van der Waals surface area contributed by atoms with Crippen LogP contribution < -0.4 is 16.1 Å². The maximum absolute atomic E-state index is 13.7. The van der Waals surface area contributed by atoms with Gasteiger partial charge in [0.2, 0.25) is 5.91 Å². The van der Waals surface area contributed by atoms with E-state index in [1.165, 1.54) is 23.4 Å². The van der Waals surface area contributed by atoms with Gasteiger partial charge < -0.3 is 4.57 Å². The van der Waals surface area contributed by atoms with Crippen molar-refractivity contribution in [2.75, 3.05) is 10.7 Å². The van der Waals surface area contributed by atoms with E-state index in [2.05, 4.69) is 17.1 Å². The fraction of sp³-hybridized carbons (Fsp3) is 0.308. The molecule has 9 heteroatoms. The third-order valence-electron chi connectivity index (χ3n) is 6.48. The third kappa shape index (κ3) is 3.80. The molecular formula is C26H27N5O3S. The van der Waals surface area contributed by atoms with Crippen molar-refractivity contribution < 1.29 is 4.79 Å². The molecule has 3 heterocycles. The molecule has 1 aliphatic heterocycles. The largest absolute Gasteiger partial charge is 0.332 e. The van der Waals surface area contributed by atoms with Crippen molar-refractivity contribution in [3.05, 3.63) is 80.5 Å². The molecular weight excluding hydrogens is 462 g/mol. The van der Waals surface area contributed by atoms with Crippen molar-refractivity contribution in [1.29, 1.82) is 0 Å². The number of imidazole rings is 1. The first-order valence-corrected chi connectivity index (χ1v) is 12.6. The number of hydrogen-bond acceptors (Lipinski definition) is 5. The first-order chi connectivity index (χ1) is 16.8. The number of nitrogens with zero attached hydrogens (tertiary/aromatic N) is 5. The number of hydrogen-bond donors (Lipinski definition) is 0. The summed E-state index contributed by atoms with van der Waals surface area (Å²) < 4.78 is 4.29. The smallest absolute Gasteiger partial charge is 0.311 e. The highest BCUT2D eigenvalue weighted by molar-refractivity contribution is 7.99. The zero-order valence-electron chi connectivity index (χ0n) is 20.2. The van der Waals surface area contributed by atoms with E-state index in [0.717, 1.165) is 39.9 Å². The van der Waals surface area contributed by atoms with E-state index in [-0.39, 0.29) is 17.7 Å². The van der Waals surface area contributed by atoms with Crippen LogP contribution in [0.3, 0.4) is 0 Å². The minimum absolute atomic E-state index is 0.0686. The zero-order valence-corrected chi connectivity index (χ0v) is 21.0. The second-order valence-corrected chi connectivity index (χ2v) is 9.95. The van der Waals surface area contributed by atoms with Crippen molar-refractivity contribution in [3.8, 4) is 0 Å². The molecule has 180 valence electrons. The molecule has 4 aromatic rings.